The lowest BCUT2D eigenvalue weighted by molar-refractivity contribution is 0.0757. The van der Waals surface area contributed by atoms with Crippen molar-refractivity contribution in [1.29, 1.82) is 0 Å². The van der Waals surface area contributed by atoms with Crippen molar-refractivity contribution in [1.82, 2.24) is 20.1 Å². The lowest BCUT2D eigenvalue weighted by Crippen LogP contribution is -2.44. The second-order valence-electron chi connectivity index (χ2n) is 9.75. The van der Waals surface area contributed by atoms with Gasteiger partial charge < -0.3 is 20.3 Å². The summed E-state index contributed by atoms with van der Waals surface area (Å²) in [7, 11) is 0. The first-order chi connectivity index (χ1) is 18.5. The largest absolute Gasteiger partial charge is 0.445 e. The lowest BCUT2D eigenvalue weighted by Gasteiger charge is -2.43. The van der Waals surface area contributed by atoms with Crippen LogP contribution in [-0.2, 0) is 4.74 Å². The maximum atomic E-state index is 13.2. The van der Waals surface area contributed by atoms with Gasteiger partial charge in [0.2, 0.25) is 0 Å². The molecule has 0 radical (unpaired) electrons. The molecule has 204 valence electrons. The lowest BCUT2D eigenvalue weighted by atomic mass is 9.80. The van der Waals surface area contributed by atoms with Crippen LogP contribution in [-0.4, -0.2) is 77.6 Å². The fourth-order valence-electron chi connectivity index (χ4n) is 5.25. The molecule has 2 aromatic rings. The van der Waals surface area contributed by atoms with Crippen molar-refractivity contribution in [2.45, 2.75) is 32.4 Å². The second-order valence-corrected chi connectivity index (χ2v) is 11.0. The van der Waals surface area contributed by atoms with Crippen LogP contribution in [0.3, 0.4) is 0 Å². The number of carbonyl (C=O) groups is 2. The maximum absolute atomic E-state index is 13.2. The molecule has 8 nitrogen and oxygen atoms in total. The Balaban J connectivity index is 1.61. The van der Waals surface area contributed by atoms with Crippen molar-refractivity contribution in [2.24, 2.45) is 5.92 Å². The highest BCUT2D eigenvalue weighted by atomic mass is 32.2. The summed E-state index contributed by atoms with van der Waals surface area (Å²) < 4.78 is 5.50. The minimum atomic E-state index is -0.384. The molecule has 0 spiro atoms. The minimum Gasteiger partial charge on any atom is -0.445 e. The summed E-state index contributed by atoms with van der Waals surface area (Å²) in [5.41, 5.74) is 3.30. The van der Waals surface area contributed by atoms with E-state index in [0.29, 0.717) is 18.7 Å². The average Bonchev–Trinajstić information content (AvgIpc) is 2.95. The van der Waals surface area contributed by atoms with Crippen LogP contribution in [0.25, 0.3) is 0 Å². The zero-order valence-corrected chi connectivity index (χ0v) is 23.2. The number of pyridine rings is 1. The summed E-state index contributed by atoms with van der Waals surface area (Å²) in [6.45, 7) is 12.1. The third-order valence-electron chi connectivity index (χ3n) is 7.15. The Morgan fingerprint density at radius 2 is 2.11 bits per heavy atom. The standard InChI is InChI=1S/C29H39N5O3S/c1-4-13-34(29(36)37-17-5-2)27-21(3)26(25-8-6-7-11-30-25)32-24-10-9-22(20-23(24)27)28(35)31-12-14-33-15-18-38-19-16-33/h5-11,20-21,26-27,32H,2,4,12-19H2,1,3H3,(H,31,35). The molecular weight excluding hydrogens is 498 g/mol. The molecule has 4 rings (SSSR count). The normalized spacial score (nSPS) is 21.1. The van der Waals surface area contributed by atoms with Crippen LogP contribution < -0.4 is 10.6 Å². The smallest absolute Gasteiger partial charge is 0.410 e. The van der Waals surface area contributed by atoms with E-state index in [2.05, 4.69) is 34.0 Å². The van der Waals surface area contributed by atoms with Crippen LogP contribution in [0.2, 0.25) is 0 Å². The Morgan fingerprint density at radius 3 is 2.82 bits per heavy atom. The van der Waals surface area contributed by atoms with Gasteiger partial charge in [-0.25, -0.2) is 4.79 Å². The van der Waals surface area contributed by atoms with Crippen LogP contribution in [0.5, 0.6) is 0 Å². The van der Waals surface area contributed by atoms with Gasteiger partial charge in [0.25, 0.3) is 5.91 Å². The number of aromatic nitrogens is 1. The predicted molar refractivity (Wildman–Crippen MR) is 154 cm³/mol. The first-order valence-corrected chi connectivity index (χ1v) is 14.6. The maximum Gasteiger partial charge on any atom is 0.410 e. The molecular formula is C29H39N5O3S. The van der Waals surface area contributed by atoms with Crippen LogP contribution in [0.4, 0.5) is 10.5 Å². The van der Waals surface area contributed by atoms with Gasteiger partial charge in [-0.3, -0.25) is 14.7 Å². The van der Waals surface area contributed by atoms with Crippen molar-refractivity contribution < 1.29 is 14.3 Å². The topological polar surface area (TPSA) is 86.8 Å². The number of nitrogens with zero attached hydrogens (tertiary/aromatic N) is 3. The van der Waals surface area contributed by atoms with Gasteiger partial charge in [-0.2, -0.15) is 11.8 Å². The second kappa shape index (κ2) is 13.7. The quantitative estimate of drug-likeness (QED) is 0.424. The third-order valence-corrected chi connectivity index (χ3v) is 8.09. The van der Waals surface area contributed by atoms with Crippen LogP contribution in [0.1, 0.15) is 54.0 Å². The van der Waals surface area contributed by atoms with Crippen LogP contribution in [0, 0.1) is 5.92 Å². The molecule has 2 N–H and O–H groups in total. The summed E-state index contributed by atoms with van der Waals surface area (Å²) in [4.78, 5) is 35.2. The van der Waals surface area contributed by atoms with Gasteiger partial charge in [-0.05, 0) is 42.3 Å². The molecule has 1 saturated heterocycles. The molecule has 3 unspecified atom stereocenters. The molecule has 0 aliphatic carbocycles. The first kappa shape index (κ1) is 28.0. The summed E-state index contributed by atoms with van der Waals surface area (Å²) in [6.07, 6.45) is 3.75. The number of benzene rings is 1. The van der Waals surface area contributed by atoms with Gasteiger partial charge in [0.05, 0.1) is 17.8 Å². The number of hydrogen-bond donors (Lipinski definition) is 2. The van der Waals surface area contributed by atoms with Crippen LogP contribution >= 0.6 is 11.8 Å². The Kier molecular flexibility index (Phi) is 10.1. The van der Waals surface area contributed by atoms with Crippen molar-refractivity contribution in [3.63, 3.8) is 0 Å². The fraction of sp³-hybridized carbons (Fsp3) is 0.483. The van der Waals surface area contributed by atoms with E-state index in [1.165, 1.54) is 0 Å². The van der Waals surface area contributed by atoms with Crippen LogP contribution in [0.15, 0.2) is 55.3 Å². The number of carbonyl (C=O) groups excluding carboxylic acids is 2. The van der Waals surface area contributed by atoms with Gasteiger partial charge >= 0.3 is 6.09 Å². The first-order valence-electron chi connectivity index (χ1n) is 13.5. The van der Waals surface area contributed by atoms with Gasteiger partial charge in [0, 0.05) is 67.6 Å². The number of rotatable bonds is 10. The molecule has 3 heterocycles. The summed E-state index contributed by atoms with van der Waals surface area (Å²) >= 11 is 1.98. The molecule has 2 aliphatic rings. The van der Waals surface area contributed by atoms with Crippen molar-refractivity contribution in [3.05, 3.63) is 72.1 Å². The highest BCUT2D eigenvalue weighted by molar-refractivity contribution is 7.99. The Morgan fingerprint density at radius 1 is 1.29 bits per heavy atom. The number of nitrogens with one attached hydrogen (secondary N) is 2. The van der Waals surface area contributed by atoms with E-state index < -0.39 is 0 Å². The Labute approximate surface area is 230 Å². The minimum absolute atomic E-state index is 0.0319. The van der Waals surface area contributed by atoms with E-state index in [4.69, 9.17) is 4.74 Å². The molecule has 38 heavy (non-hydrogen) atoms. The van der Waals surface area contributed by atoms with Crippen molar-refractivity contribution in [2.75, 3.05) is 56.2 Å². The molecule has 3 atom stereocenters. The zero-order chi connectivity index (χ0) is 26.9. The van der Waals surface area contributed by atoms with Gasteiger partial charge in [0.15, 0.2) is 0 Å². The van der Waals surface area contributed by atoms with E-state index in [1.807, 2.05) is 55.1 Å². The highest BCUT2D eigenvalue weighted by Crippen LogP contribution is 2.46. The van der Waals surface area contributed by atoms with E-state index >= 15 is 0 Å². The molecule has 0 bridgehead atoms. The average molecular weight is 538 g/mol. The van der Waals surface area contributed by atoms with Crippen molar-refractivity contribution >= 4 is 29.4 Å². The molecule has 0 saturated carbocycles. The number of ether oxygens (including phenoxy) is 1. The molecule has 1 aromatic carbocycles. The van der Waals surface area contributed by atoms with E-state index in [1.54, 1.807) is 17.2 Å². The number of anilines is 1. The summed E-state index contributed by atoms with van der Waals surface area (Å²) in [5.74, 6) is 2.16. The summed E-state index contributed by atoms with van der Waals surface area (Å²) in [6, 6.07) is 11.2. The van der Waals surface area contributed by atoms with E-state index in [-0.39, 0.29) is 36.6 Å². The SMILES string of the molecule is C=CCOC(=O)N(CCC)C1c2cc(C(=O)NCCN3CCSCC3)ccc2NC(c2ccccn2)C1C. The Hall–Kier alpha value is -3.04. The van der Waals surface area contributed by atoms with Crippen molar-refractivity contribution in [3.8, 4) is 0 Å². The highest BCUT2D eigenvalue weighted by Gasteiger charge is 2.41. The molecule has 1 aromatic heterocycles. The van der Waals surface area contributed by atoms with E-state index in [0.717, 1.165) is 54.5 Å². The number of thioether (sulfide) groups is 1. The van der Waals surface area contributed by atoms with Gasteiger partial charge in [-0.1, -0.05) is 32.6 Å². The fourth-order valence-corrected chi connectivity index (χ4v) is 6.23. The van der Waals surface area contributed by atoms with E-state index in [9.17, 15) is 9.59 Å². The number of fused-ring (bicyclic) bond motifs is 1. The zero-order valence-electron chi connectivity index (χ0n) is 22.4. The monoisotopic (exact) mass is 537 g/mol. The van der Waals surface area contributed by atoms with Gasteiger partial charge in [-0.15, -0.1) is 0 Å². The number of amides is 2. The molecule has 2 amide bonds. The summed E-state index contributed by atoms with van der Waals surface area (Å²) in [5, 5.41) is 6.71. The third kappa shape index (κ3) is 6.69. The molecule has 9 heteroatoms. The molecule has 1 fully saturated rings. The Bertz CT molecular complexity index is 1090. The van der Waals surface area contributed by atoms with Gasteiger partial charge in [0.1, 0.15) is 6.61 Å². The molecule has 2 aliphatic heterocycles. The predicted octanol–water partition coefficient (Wildman–Crippen LogP) is 4.74. The number of hydrogen-bond acceptors (Lipinski definition) is 7.